The summed E-state index contributed by atoms with van der Waals surface area (Å²) in [4.78, 5) is 23.4. The zero-order valence-corrected chi connectivity index (χ0v) is 12.2. The van der Waals surface area contributed by atoms with Crippen LogP contribution in [0.5, 0.6) is 5.75 Å². The molecule has 1 aromatic heterocycles. The molecule has 0 fully saturated rings. The molecular formula is C16H17NO4. The summed E-state index contributed by atoms with van der Waals surface area (Å²) in [5.41, 5.74) is 1.83. The summed E-state index contributed by atoms with van der Waals surface area (Å²) in [6.07, 6.45) is 0. The van der Waals surface area contributed by atoms with Gasteiger partial charge in [0.05, 0.1) is 19.2 Å². The SMILES string of the molecule is COc1ccc(Cn2c(C)c(C(=O)O)c(C)cc2=O)cc1. The molecule has 5 heteroatoms. The molecule has 0 aliphatic carbocycles. The van der Waals surface area contributed by atoms with Crippen molar-refractivity contribution in [3.05, 3.63) is 63.1 Å². The summed E-state index contributed by atoms with van der Waals surface area (Å²) in [7, 11) is 1.59. The third-order valence-corrected chi connectivity index (χ3v) is 3.48. The lowest BCUT2D eigenvalue weighted by atomic mass is 10.1. The van der Waals surface area contributed by atoms with Crippen LogP contribution in [-0.4, -0.2) is 22.8 Å². The van der Waals surface area contributed by atoms with Crippen molar-refractivity contribution in [1.29, 1.82) is 0 Å². The van der Waals surface area contributed by atoms with Crippen molar-refractivity contribution in [3.63, 3.8) is 0 Å². The first-order chi connectivity index (χ1) is 9.93. The van der Waals surface area contributed by atoms with E-state index in [1.54, 1.807) is 21.0 Å². The first-order valence-corrected chi connectivity index (χ1v) is 6.51. The predicted molar refractivity (Wildman–Crippen MR) is 79.2 cm³/mol. The normalized spacial score (nSPS) is 10.4. The van der Waals surface area contributed by atoms with Gasteiger partial charge in [-0.2, -0.15) is 0 Å². The molecule has 1 aromatic carbocycles. The van der Waals surface area contributed by atoms with E-state index in [9.17, 15) is 14.7 Å². The van der Waals surface area contributed by atoms with Crippen LogP contribution >= 0.6 is 0 Å². The zero-order chi connectivity index (χ0) is 15.6. The van der Waals surface area contributed by atoms with Crippen molar-refractivity contribution in [2.75, 3.05) is 7.11 Å². The van der Waals surface area contributed by atoms with E-state index in [0.29, 0.717) is 17.8 Å². The Morgan fingerprint density at radius 3 is 2.38 bits per heavy atom. The van der Waals surface area contributed by atoms with Gasteiger partial charge in [-0.1, -0.05) is 12.1 Å². The van der Waals surface area contributed by atoms with Gasteiger partial charge in [0.2, 0.25) is 0 Å². The number of aromatic nitrogens is 1. The number of rotatable bonds is 4. The summed E-state index contributed by atoms with van der Waals surface area (Å²) < 4.78 is 6.56. The summed E-state index contributed by atoms with van der Waals surface area (Å²) in [5, 5.41) is 9.26. The maximum absolute atomic E-state index is 12.1. The maximum Gasteiger partial charge on any atom is 0.337 e. The van der Waals surface area contributed by atoms with Crippen LogP contribution in [0.3, 0.4) is 0 Å². The van der Waals surface area contributed by atoms with E-state index in [1.165, 1.54) is 10.6 Å². The number of ether oxygens (including phenoxy) is 1. The van der Waals surface area contributed by atoms with Crippen LogP contribution in [0, 0.1) is 13.8 Å². The Hall–Kier alpha value is -2.56. The quantitative estimate of drug-likeness (QED) is 0.936. The van der Waals surface area contributed by atoms with Gasteiger partial charge in [-0.05, 0) is 37.1 Å². The molecule has 0 aliphatic heterocycles. The van der Waals surface area contributed by atoms with Gasteiger partial charge in [-0.3, -0.25) is 4.79 Å². The molecule has 0 amide bonds. The average molecular weight is 287 g/mol. The van der Waals surface area contributed by atoms with Crippen molar-refractivity contribution >= 4 is 5.97 Å². The highest BCUT2D eigenvalue weighted by molar-refractivity contribution is 5.90. The Morgan fingerprint density at radius 2 is 1.86 bits per heavy atom. The molecule has 1 heterocycles. The Kier molecular flexibility index (Phi) is 4.12. The van der Waals surface area contributed by atoms with Gasteiger partial charge in [0.15, 0.2) is 0 Å². The largest absolute Gasteiger partial charge is 0.497 e. The summed E-state index contributed by atoms with van der Waals surface area (Å²) in [6.45, 7) is 3.62. The predicted octanol–water partition coefficient (Wildman–Crippen LogP) is 2.22. The van der Waals surface area contributed by atoms with Gasteiger partial charge in [0.1, 0.15) is 5.75 Å². The minimum Gasteiger partial charge on any atom is -0.497 e. The van der Waals surface area contributed by atoms with Gasteiger partial charge in [-0.25, -0.2) is 4.79 Å². The summed E-state index contributed by atoms with van der Waals surface area (Å²) in [6, 6.07) is 8.68. The highest BCUT2D eigenvalue weighted by Gasteiger charge is 2.15. The van der Waals surface area contributed by atoms with Gasteiger partial charge in [-0.15, -0.1) is 0 Å². The molecule has 0 atom stereocenters. The number of benzene rings is 1. The Morgan fingerprint density at radius 1 is 1.24 bits per heavy atom. The Bertz CT molecular complexity index is 729. The first-order valence-electron chi connectivity index (χ1n) is 6.51. The van der Waals surface area contributed by atoms with E-state index in [0.717, 1.165) is 11.3 Å². The lowest BCUT2D eigenvalue weighted by Gasteiger charge is -2.14. The van der Waals surface area contributed by atoms with E-state index in [4.69, 9.17) is 4.74 Å². The number of pyridine rings is 1. The Labute approximate surface area is 122 Å². The highest BCUT2D eigenvalue weighted by atomic mass is 16.5. The molecule has 110 valence electrons. The van der Waals surface area contributed by atoms with E-state index < -0.39 is 5.97 Å². The fourth-order valence-corrected chi connectivity index (χ4v) is 2.35. The van der Waals surface area contributed by atoms with Crippen LogP contribution < -0.4 is 10.3 Å². The average Bonchev–Trinajstić information content (AvgIpc) is 2.43. The highest BCUT2D eigenvalue weighted by Crippen LogP contribution is 2.15. The number of aromatic carboxylic acids is 1. The third kappa shape index (κ3) is 2.97. The molecule has 1 N–H and O–H groups in total. The molecule has 0 unspecified atom stereocenters. The van der Waals surface area contributed by atoms with Crippen molar-refractivity contribution in [2.24, 2.45) is 0 Å². The van der Waals surface area contributed by atoms with Crippen LogP contribution in [0.2, 0.25) is 0 Å². The van der Waals surface area contributed by atoms with Crippen molar-refractivity contribution in [2.45, 2.75) is 20.4 Å². The zero-order valence-electron chi connectivity index (χ0n) is 12.2. The molecule has 2 rings (SSSR count). The molecule has 0 saturated carbocycles. The molecule has 0 saturated heterocycles. The number of methoxy groups -OCH3 is 1. The van der Waals surface area contributed by atoms with Crippen molar-refractivity contribution in [1.82, 2.24) is 4.57 Å². The number of aryl methyl sites for hydroxylation is 1. The monoisotopic (exact) mass is 287 g/mol. The smallest absolute Gasteiger partial charge is 0.337 e. The molecule has 0 spiro atoms. The number of hydrogen-bond acceptors (Lipinski definition) is 3. The van der Waals surface area contributed by atoms with E-state index in [-0.39, 0.29) is 11.1 Å². The van der Waals surface area contributed by atoms with E-state index in [1.807, 2.05) is 24.3 Å². The number of carbonyl (C=O) groups is 1. The van der Waals surface area contributed by atoms with Gasteiger partial charge >= 0.3 is 5.97 Å². The molecule has 0 aliphatic rings. The molecule has 2 aromatic rings. The second-order valence-electron chi connectivity index (χ2n) is 4.87. The number of carboxylic acid groups (broad SMARTS) is 1. The lowest BCUT2D eigenvalue weighted by Crippen LogP contribution is -2.26. The summed E-state index contributed by atoms with van der Waals surface area (Å²) >= 11 is 0. The fraction of sp³-hybridized carbons (Fsp3) is 0.250. The van der Waals surface area contributed by atoms with Crippen LogP contribution in [0.25, 0.3) is 0 Å². The molecule has 0 bridgehead atoms. The lowest BCUT2D eigenvalue weighted by molar-refractivity contribution is 0.0694. The first kappa shape index (κ1) is 14.8. The number of nitrogens with zero attached hydrogens (tertiary/aromatic N) is 1. The molecule has 5 nitrogen and oxygen atoms in total. The van der Waals surface area contributed by atoms with Crippen LogP contribution in [0.15, 0.2) is 35.1 Å². The molecule has 21 heavy (non-hydrogen) atoms. The minimum absolute atomic E-state index is 0.183. The second-order valence-corrected chi connectivity index (χ2v) is 4.87. The van der Waals surface area contributed by atoms with E-state index in [2.05, 4.69) is 0 Å². The van der Waals surface area contributed by atoms with E-state index >= 15 is 0 Å². The van der Waals surface area contributed by atoms with Crippen molar-refractivity contribution < 1.29 is 14.6 Å². The van der Waals surface area contributed by atoms with Gasteiger partial charge < -0.3 is 14.4 Å². The Balaban J connectivity index is 2.46. The molecular weight excluding hydrogens is 270 g/mol. The van der Waals surface area contributed by atoms with Crippen LogP contribution in [-0.2, 0) is 6.54 Å². The molecule has 0 radical (unpaired) electrons. The van der Waals surface area contributed by atoms with Crippen LogP contribution in [0.1, 0.15) is 27.2 Å². The number of hydrogen-bond donors (Lipinski definition) is 1. The maximum atomic E-state index is 12.1. The van der Waals surface area contributed by atoms with Crippen LogP contribution in [0.4, 0.5) is 0 Å². The number of carboxylic acids is 1. The minimum atomic E-state index is -1.02. The third-order valence-electron chi connectivity index (χ3n) is 3.48. The second kappa shape index (κ2) is 5.83. The van der Waals surface area contributed by atoms with Crippen molar-refractivity contribution in [3.8, 4) is 5.75 Å². The van der Waals surface area contributed by atoms with Gasteiger partial charge in [0.25, 0.3) is 5.56 Å². The summed E-state index contributed by atoms with van der Waals surface area (Å²) in [5.74, 6) is -0.286. The fourth-order valence-electron chi connectivity index (χ4n) is 2.35. The van der Waals surface area contributed by atoms with Gasteiger partial charge in [0, 0.05) is 11.8 Å². The standard InChI is InChI=1S/C16H17NO4/c1-10-8-14(18)17(11(2)15(10)16(19)20)9-12-4-6-13(21-3)7-5-12/h4-8H,9H2,1-3H3,(H,19,20). The topological polar surface area (TPSA) is 68.5 Å².